The first kappa shape index (κ1) is 15.8. The number of rotatable bonds is 8. The molecule has 1 fully saturated rings. The second-order valence-corrected chi connectivity index (χ2v) is 6.83. The molecule has 2 N–H and O–H groups in total. The fourth-order valence-corrected chi connectivity index (χ4v) is 3.62. The van der Waals surface area contributed by atoms with E-state index in [1.807, 2.05) is 11.8 Å². The number of hydrogen-bond donors (Lipinski definition) is 2. The number of carbonyl (C=O) groups excluding carboxylic acids is 1. The average Bonchev–Trinajstić information content (AvgIpc) is 2.72. The van der Waals surface area contributed by atoms with Crippen LogP contribution in [0.3, 0.4) is 0 Å². The van der Waals surface area contributed by atoms with E-state index in [0.717, 1.165) is 25.1 Å². The molecule has 0 bridgehead atoms. The Morgan fingerprint density at radius 2 is 2.17 bits per heavy atom. The summed E-state index contributed by atoms with van der Waals surface area (Å²) in [4.78, 5) is 11.8. The van der Waals surface area contributed by atoms with Gasteiger partial charge in [0.2, 0.25) is 5.91 Å². The Bertz CT molecular complexity index is 246. The summed E-state index contributed by atoms with van der Waals surface area (Å²) in [5, 5.41) is 7.20. The van der Waals surface area contributed by atoms with Gasteiger partial charge in [-0.3, -0.25) is 4.79 Å². The molecule has 18 heavy (non-hydrogen) atoms. The maximum atomic E-state index is 11.8. The number of carbonyl (C=O) groups is 1. The Balaban J connectivity index is 2.15. The fraction of sp³-hybridized carbons (Fsp3) is 0.929. The Morgan fingerprint density at radius 3 is 2.83 bits per heavy atom. The minimum atomic E-state index is 0.231. The molecule has 1 aliphatic rings. The third-order valence-electron chi connectivity index (χ3n) is 3.31. The molecule has 1 rings (SSSR count). The van der Waals surface area contributed by atoms with Gasteiger partial charge in [-0.2, -0.15) is 11.8 Å². The van der Waals surface area contributed by atoms with E-state index in [2.05, 4.69) is 31.4 Å². The molecule has 3 nitrogen and oxygen atoms in total. The second-order valence-electron chi connectivity index (χ2n) is 5.31. The first-order chi connectivity index (χ1) is 8.63. The molecule has 0 aliphatic heterocycles. The van der Waals surface area contributed by atoms with E-state index in [1.165, 1.54) is 12.8 Å². The van der Waals surface area contributed by atoms with Crippen molar-refractivity contribution in [1.29, 1.82) is 0 Å². The molecule has 0 aromatic rings. The van der Waals surface area contributed by atoms with Crippen LogP contribution in [0.1, 0.15) is 52.9 Å². The molecule has 0 aromatic heterocycles. The lowest BCUT2D eigenvalue weighted by Crippen LogP contribution is -2.39. The van der Waals surface area contributed by atoms with E-state index in [4.69, 9.17) is 0 Å². The summed E-state index contributed by atoms with van der Waals surface area (Å²) in [6.45, 7) is 7.39. The summed E-state index contributed by atoms with van der Waals surface area (Å²) >= 11 is 1.99. The minimum absolute atomic E-state index is 0.231. The van der Waals surface area contributed by atoms with Gasteiger partial charge in [-0.15, -0.1) is 0 Å². The largest absolute Gasteiger partial charge is 0.352 e. The van der Waals surface area contributed by atoms with E-state index in [0.29, 0.717) is 23.8 Å². The predicted molar refractivity (Wildman–Crippen MR) is 80.1 cm³/mol. The number of thioether (sulfide) groups is 1. The summed E-state index contributed by atoms with van der Waals surface area (Å²) in [5.41, 5.74) is 0. The van der Waals surface area contributed by atoms with E-state index in [-0.39, 0.29) is 5.91 Å². The lowest BCUT2D eigenvalue weighted by atomic mass is 10.2. The summed E-state index contributed by atoms with van der Waals surface area (Å²) in [6.07, 6.45) is 5.27. The van der Waals surface area contributed by atoms with Gasteiger partial charge in [0.1, 0.15) is 0 Å². The smallest absolute Gasteiger partial charge is 0.220 e. The molecule has 1 aliphatic carbocycles. The number of amides is 1. The van der Waals surface area contributed by atoms with Gasteiger partial charge in [-0.1, -0.05) is 27.2 Å². The maximum Gasteiger partial charge on any atom is 0.220 e. The predicted octanol–water partition coefficient (Wildman–Crippen LogP) is 2.56. The molecular formula is C14H28N2OS. The van der Waals surface area contributed by atoms with Gasteiger partial charge in [-0.25, -0.2) is 0 Å². The lowest BCUT2D eigenvalue weighted by Gasteiger charge is -2.20. The Kier molecular flexibility index (Phi) is 7.75. The van der Waals surface area contributed by atoms with Gasteiger partial charge in [0.15, 0.2) is 0 Å². The molecule has 0 radical (unpaired) electrons. The van der Waals surface area contributed by atoms with Crippen LogP contribution in [0.5, 0.6) is 0 Å². The van der Waals surface area contributed by atoms with Crippen molar-refractivity contribution >= 4 is 17.7 Å². The highest BCUT2D eigenvalue weighted by Gasteiger charge is 2.27. The summed E-state index contributed by atoms with van der Waals surface area (Å²) < 4.78 is 0. The number of hydrogen-bond acceptors (Lipinski definition) is 3. The second kappa shape index (κ2) is 8.81. The zero-order valence-electron chi connectivity index (χ0n) is 12.0. The van der Waals surface area contributed by atoms with Crippen molar-refractivity contribution in [2.45, 2.75) is 70.2 Å². The van der Waals surface area contributed by atoms with Crippen molar-refractivity contribution in [2.75, 3.05) is 12.3 Å². The highest BCUT2D eigenvalue weighted by molar-refractivity contribution is 7.99. The normalized spacial score (nSPS) is 23.6. The van der Waals surface area contributed by atoms with Crippen LogP contribution in [0.15, 0.2) is 0 Å². The lowest BCUT2D eigenvalue weighted by molar-refractivity contribution is -0.121. The molecule has 0 aromatic carbocycles. The van der Waals surface area contributed by atoms with Crippen molar-refractivity contribution in [3.8, 4) is 0 Å². The van der Waals surface area contributed by atoms with E-state index in [1.54, 1.807) is 0 Å². The summed E-state index contributed by atoms with van der Waals surface area (Å²) in [6, 6.07) is 0.925. The topological polar surface area (TPSA) is 41.1 Å². The fourth-order valence-electron chi connectivity index (χ4n) is 2.42. The molecule has 0 heterocycles. The quantitative estimate of drug-likeness (QED) is 0.667. The van der Waals surface area contributed by atoms with Crippen molar-refractivity contribution < 1.29 is 4.79 Å². The zero-order chi connectivity index (χ0) is 13.4. The monoisotopic (exact) mass is 272 g/mol. The Hall–Kier alpha value is -0.220. The third-order valence-corrected chi connectivity index (χ3v) is 4.64. The molecule has 2 unspecified atom stereocenters. The standard InChI is InChI=1S/C14H28N2OS/c1-4-18-13-8-5-7-12(13)16-14(17)9-6-10-15-11(2)3/h11-13,15H,4-10H2,1-3H3,(H,16,17). The maximum absolute atomic E-state index is 11.8. The average molecular weight is 272 g/mol. The van der Waals surface area contributed by atoms with Crippen molar-refractivity contribution in [3.05, 3.63) is 0 Å². The number of nitrogens with one attached hydrogen (secondary N) is 2. The molecule has 106 valence electrons. The Morgan fingerprint density at radius 1 is 1.39 bits per heavy atom. The van der Waals surface area contributed by atoms with Gasteiger partial charge < -0.3 is 10.6 Å². The summed E-state index contributed by atoms with van der Waals surface area (Å²) in [7, 11) is 0. The van der Waals surface area contributed by atoms with Crippen LogP contribution < -0.4 is 10.6 Å². The molecule has 0 saturated heterocycles. The van der Waals surface area contributed by atoms with Crippen molar-refractivity contribution in [3.63, 3.8) is 0 Å². The minimum Gasteiger partial charge on any atom is -0.352 e. The zero-order valence-corrected chi connectivity index (χ0v) is 12.8. The first-order valence-electron chi connectivity index (χ1n) is 7.27. The van der Waals surface area contributed by atoms with Crippen LogP contribution >= 0.6 is 11.8 Å². The Labute approximate surface area is 116 Å². The third kappa shape index (κ3) is 6.10. The highest BCUT2D eigenvalue weighted by Crippen LogP contribution is 2.29. The molecule has 1 saturated carbocycles. The van der Waals surface area contributed by atoms with Crippen LogP contribution in [-0.2, 0) is 4.79 Å². The molecule has 4 heteroatoms. The van der Waals surface area contributed by atoms with Crippen LogP contribution in [0, 0.1) is 0 Å². The van der Waals surface area contributed by atoms with E-state index < -0.39 is 0 Å². The van der Waals surface area contributed by atoms with Gasteiger partial charge in [0.05, 0.1) is 0 Å². The van der Waals surface area contributed by atoms with E-state index in [9.17, 15) is 4.79 Å². The SMILES string of the molecule is CCSC1CCCC1NC(=O)CCCNC(C)C. The van der Waals surface area contributed by atoms with Gasteiger partial charge >= 0.3 is 0 Å². The van der Waals surface area contributed by atoms with Crippen LogP contribution in [0.4, 0.5) is 0 Å². The summed E-state index contributed by atoms with van der Waals surface area (Å²) in [5.74, 6) is 1.38. The van der Waals surface area contributed by atoms with Crippen LogP contribution in [0.25, 0.3) is 0 Å². The van der Waals surface area contributed by atoms with Gasteiger partial charge in [-0.05, 0) is 31.6 Å². The first-order valence-corrected chi connectivity index (χ1v) is 8.32. The molecule has 2 atom stereocenters. The van der Waals surface area contributed by atoms with Crippen molar-refractivity contribution in [2.24, 2.45) is 0 Å². The van der Waals surface area contributed by atoms with Gasteiger partial charge in [0.25, 0.3) is 0 Å². The van der Waals surface area contributed by atoms with Crippen LogP contribution in [-0.4, -0.2) is 35.5 Å². The van der Waals surface area contributed by atoms with E-state index >= 15 is 0 Å². The molecule has 1 amide bonds. The molecule has 0 spiro atoms. The van der Waals surface area contributed by atoms with Crippen molar-refractivity contribution in [1.82, 2.24) is 10.6 Å². The highest BCUT2D eigenvalue weighted by atomic mass is 32.2. The molecular weight excluding hydrogens is 244 g/mol. The van der Waals surface area contributed by atoms with Crippen LogP contribution in [0.2, 0.25) is 0 Å². The van der Waals surface area contributed by atoms with Gasteiger partial charge in [0, 0.05) is 23.8 Å².